The first kappa shape index (κ1) is 24.0. The van der Waals surface area contributed by atoms with Crippen molar-refractivity contribution >= 4 is 17.5 Å². The Morgan fingerprint density at radius 2 is 1.94 bits per heavy atom. The zero-order chi connectivity index (χ0) is 23.6. The molecule has 2 saturated heterocycles. The predicted octanol–water partition coefficient (Wildman–Crippen LogP) is 2.04. The lowest BCUT2D eigenvalue weighted by molar-refractivity contribution is -0.141. The van der Waals surface area contributed by atoms with Gasteiger partial charge in [-0.15, -0.1) is 0 Å². The van der Waals surface area contributed by atoms with Crippen molar-refractivity contribution in [3.8, 4) is 0 Å². The predicted molar refractivity (Wildman–Crippen MR) is 124 cm³/mol. The molecule has 2 aliphatic rings. The fraction of sp³-hybridized carbons (Fsp3) is 0.625. The summed E-state index contributed by atoms with van der Waals surface area (Å²) in [5.74, 6) is -0.605. The first-order chi connectivity index (χ1) is 15.0. The number of rotatable bonds is 5. The molecule has 2 aliphatic heterocycles. The summed E-state index contributed by atoms with van der Waals surface area (Å²) in [5.41, 5.74) is 7.64. The molecule has 0 radical (unpaired) electrons. The molecule has 3 rings (SSSR count). The van der Waals surface area contributed by atoms with Crippen molar-refractivity contribution < 1.29 is 14.7 Å². The second-order valence-electron chi connectivity index (χ2n) is 10.0. The van der Waals surface area contributed by atoms with E-state index < -0.39 is 23.6 Å². The van der Waals surface area contributed by atoms with E-state index in [2.05, 4.69) is 15.1 Å². The fourth-order valence-corrected chi connectivity index (χ4v) is 4.39. The molecule has 0 bridgehead atoms. The maximum absolute atomic E-state index is 13.0. The van der Waals surface area contributed by atoms with Gasteiger partial charge in [0.15, 0.2) is 0 Å². The zero-order valence-electron chi connectivity index (χ0n) is 19.4. The Labute approximate surface area is 190 Å². The lowest BCUT2D eigenvalue weighted by Gasteiger charge is -2.32. The van der Waals surface area contributed by atoms with E-state index in [9.17, 15) is 14.7 Å². The molecule has 8 nitrogen and oxygen atoms in total. The van der Waals surface area contributed by atoms with Crippen LogP contribution in [0.25, 0.3) is 4.85 Å². The molecule has 2 heterocycles. The highest BCUT2D eigenvalue weighted by molar-refractivity contribution is 5.91. The number of likely N-dealkylation sites (tertiary alicyclic amines) is 1. The quantitative estimate of drug-likeness (QED) is 0.607. The Morgan fingerprint density at radius 3 is 2.53 bits per heavy atom. The monoisotopic (exact) mass is 441 g/mol. The molecule has 0 spiro atoms. The molecule has 0 unspecified atom stereocenters. The zero-order valence-corrected chi connectivity index (χ0v) is 19.4. The van der Waals surface area contributed by atoms with Crippen molar-refractivity contribution in [3.63, 3.8) is 0 Å². The lowest BCUT2D eigenvalue weighted by Crippen LogP contribution is -2.55. The standard InChI is InChI=1S/C24H35N5O3/c1-15(16-8-10-17(11-9-16)28-12-6-7-20(28)26-5)27-22(31)19-13-18(30)14-29(19)23(32)21(25)24(2,3)4/h8-11,15,18-21,30H,6-7,12-14,25H2,1-4H3,(H,27,31)/t15-,18+,19-,20-,21+/m0/s1. The van der Waals surface area contributed by atoms with E-state index in [0.29, 0.717) is 0 Å². The average Bonchev–Trinajstić information content (AvgIpc) is 3.38. The number of anilines is 1. The topological polar surface area (TPSA) is 103 Å². The number of β-amino-alcohol motifs (C(OH)–C–C–N with tert-alkyl or cyclic N) is 1. The van der Waals surface area contributed by atoms with Crippen molar-refractivity contribution in [2.45, 2.75) is 77.4 Å². The molecule has 2 amide bonds. The van der Waals surface area contributed by atoms with Crippen LogP contribution < -0.4 is 16.0 Å². The minimum Gasteiger partial charge on any atom is -0.391 e. The SMILES string of the molecule is [C-]#[N+][C@@H]1CCCN1c1ccc([C@H](C)NC(=O)[C@@H]2C[C@@H](O)CN2C(=O)[C@@H](N)C(C)(C)C)cc1. The van der Waals surface area contributed by atoms with Crippen LogP contribution in [0.2, 0.25) is 0 Å². The van der Waals surface area contributed by atoms with E-state index in [0.717, 1.165) is 30.6 Å². The number of nitrogens with zero attached hydrogens (tertiary/aromatic N) is 3. The Bertz CT molecular complexity index is 873. The third-order valence-electron chi connectivity index (χ3n) is 6.52. The molecular weight excluding hydrogens is 406 g/mol. The van der Waals surface area contributed by atoms with Gasteiger partial charge in [-0.25, -0.2) is 6.57 Å². The van der Waals surface area contributed by atoms with Gasteiger partial charge in [0.2, 0.25) is 11.8 Å². The van der Waals surface area contributed by atoms with Crippen LogP contribution in [0.15, 0.2) is 24.3 Å². The van der Waals surface area contributed by atoms with Gasteiger partial charge < -0.3 is 26.0 Å². The molecule has 1 aromatic rings. The van der Waals surface area contributed by atoms with Gasteiger partial charge in [-0.05, 0) is 36.5 Å². The van der Waals surface area contributed by atoms with Crippen molar-refractivity contribution in [2.75, 3.05) is 18.0 Å². The molecule has 8 heteroatoms. The van der Waals surface area contributed by atoms with Crippen molar-refractivity contribution in [1.29, 1.82) is 0 Å². The maximum Gasteiger partial charge on any atom is 0.298 e. The number of aliphatic hydroxyl groups excluding tert-OH is 1. The van der Waals surface area contributed by atoms with E-state index in [1.807, 2.05) is 52.0 Å². The maximum atomic E-state index is 13.0. The molecule has 0 saturated carbocycles. The molecule has 174 valence electrons. The van der Waals surface area contributed by atoms with E-state index in [1.165, 1.54) is 4.90 Å². The summed E-state index contributed by atoms with van der Waals surface area (Å²) < 4.78 is 0. The number of aliphatic hydroxyl groups is 1. The second-order valence-corrected chi connectivity index (χ2v) is 10.0. The Balaban J connectivity index is 1.66. The van der Waals surface area contributed by atoms with Gasteiger partial charge in [0, 0.05) is 31.6 Å². The molecule has 4 N–H and O–H groups in total. The number of benzene rings is 1. The fourth-order valence-electron chi connectivity index (χ4n) is 4.39. The van der Waals surface area contributed by atoms with Crippen LogP contribution in [0, 0.1) is 12.0 Å². The second kappa shape index (κ2) is 9.47. The van der Waals surface area contributed by atoms with Crippen LogP contribution in [-0.4, -0.2) is 59.3 Å². The van der Waals surface area contributed by atoms with E-state index in [-0.39, 0.29) is 37.0 Å². The Kier molecular flexibility index (Phi) is 7.11. The van der Waals surface area contributed by atoms with Crippen LogP contribution in [0.1, 0.15) is 58.6 Å². The van der Waals surface area contributed by atoms with Crippen LogP contribution in [-0.2, 0) is 9.59 Å². The summed E-state index contributed by atoms with van der Waals surface area (Å²) in [4.78, 5) is 33.2. The summed E-state index contributed by atoms with van der Waals surface area (Å²) >= 11 is 0. The number of nitrogens with two attached hydrogens (primary N) is 1. The smallest absolute Gasteiger partial charge is 0.298 e. The number of hydrogen-bond acceptors (Lipinski definition) is 5. The van der Waals surface area contributed by atoms with Gasteiger partial charge in [0.25, 0.3) is 6.17 Å². The summed E-state index contributed by atoms with van der Waals surface area (Å²) in [6.07, 6.45) is 1.26. The van der Waals surface area contributed by atoms with E-state index >= 15 is 0 Å². The van der Waals surface area contributed by atoms with Gasteiger partial charge >= 0.3 is 0 Å². The van der Waals surface area contributed by atoms with Gasteiger partial charge in [-0.1, -0.05) is 32.9 Å². The van der Waals surface area contributed by atoms with Crippen LogP contribution >= 0.6 is 0 Å². The first-order valence-corrected chi connectivity index (χ1v) is 11.3. The average molecular weight is 442 g/mol. The highest BCUT2D eigenvalue weighted by atomic mass is 16.3. The Hall–Kier alpha value is -2.63. The summed E-state index contributed by atoms with van der Waals surface area (Å²) in [7, 11) is 0. The largest absolute Gasteiger partial charge is 0.391 e. The molecule has 0 aromatic heterocycles. The summed E-state index contributed by atoms with van der Waals surface area (Å²) in [6.45, 7) is 15.9. The summed E-state index contributed by atoms with van der Waals surface area (Å²) in [6, 6.07) is 6.13. The van der Waals surface area contributed by atoms with Crippen molar-refractivity contribution in [2.24, 2.45) is 11.1 Å². The van der Waals surface area contributed by atoms with Gasteiger partial charge in [-0.3, -0.25) is 14.4 Å². The third kappa shape index (κ3) is 5.05. The molecule has 0 aliphatic carbocycles. The van der Waals surface area contributed by atoms with Gasteiger partial charge in [0.1, 0.15) is 6.04 Å². The molecule has 32 heavy (non-hydrogen) atoms. The van der Waals surface area contributed by atoms with Gasteiger partial charge in [0.05, 0.1) is 18.2 Å². The number of hydrogen-bond donors (Lipinski definition) is 3. The molecular formula is C24H35N5O3. The van der Waals surface area contributed by atoms with E-state index in [1.54, 1.807) is 0 Å². The van der Waals surface area contributed by atoms with Crippen LogP contribution in [0.3, 0.4) is 0 Å². The normalized spacial score (nSPS) is 25.3. The third-order valence-corrected chi connectivity index (χ3v) is 6.52. The lowest BCUT2D eigenvalue weighted by atomic mass is 9.86. The number of carbonyl (C=O) groups excluding carboxylic acids is 2. The molecule has 1 aromatic carbocycles. The number of carbonyl (C=O) groups is 2. The van der Waals surface area contributed by atoms with Crippen molar-refractivity contribution in [1.82, 2.24) is 10.2 Å². The number of nitrogens with one attached hydrogen (secondary N) is 1. The highest BCUT2D eigenvalue weighted by Gasteiger charge is 2.43. The van der Waals surface area contributed by atoms with Gasteiger partial charge in [-0.2, -0.15) is 0 Å². The minimum absolute atomic E-state index is 0.102. The Morgan fingerprint density at radius 1 is 1.28 bits per heavy atom. The molecule has 5 atom stereocenters. The van der Waals surface area contributed by atoms with Crippen molar-refractivity contribution in [3.05, 3.63) is 41.2 Å². The summed E-state index contributed by atoms with van der Waals surface area (Å²) in [5, 5.41) is 13.1. The first-order valence-electron chi connectivity index (χ1n) is 11.3. The molecule has 2 fully saturated rings. The highest BCUT2D eigenvalue weighted by Crippen LogP contribution is 2.28. The minimum atomic E-state index is -0.752. The van der Waals surface area contributed by atoms with Crippen LogP contribution in [0.4, 0.5) is 5.69 Å². The van der Waals surface area contributed by atoms with Crippen LogP contribution in [0.5, 0.6) is 0 Å². The number of amides is 2. The van der Waals surface area contributed by atoms with E-state index in [4.69, 9.17) is 12.3 Å².